The highest BCUT2D eigenvalue weighted by Gasteiger charge is 2.24. The highest BCUT2D eigenvalue weighted by molar-refractivity contribution is 6.04. The number of aliphatic hydroxyl groups excluding tert-OH is 1. The van der Waals surface area contributed by atoms with Crippen LogP contribution in [0.5, 0.6) is 5.88 Å². The van der Waals surface area contributed by atoms with E-state index in [4.69, 9.17) is 14.5 Å². The van der Waals surface area contributed by atoms with Crippen molar-refractivity contribution in [3.63, 3.8) is 0 Å². The molecule has 10 nitrogen and oxygen atoms in total. The number of hydrogen-bond donors (Lipinski definition) is 3. The van der Waals surface area contributed by atoms with Gasteiger partial charge in [0, 0.05) is 49.3 Å². The summed E-state index contributed by atoms with van der Waals surface area (Å²) in [6, 6.07) is 17.1. The summed E-state index contributed by atoms with van der Waals surface area (Å²) in [5.74, 6) is 0.0374. The Labute approximate surface area is 244 Å². The van der Waals surface area contributed by atoms with Crippen molar-refractivity contribution in [2.24, 2.45) is 7.05 Å². The van der Waals surface area contributed by atoms with Gasteiger partial charge in [-0.3, -0.25) is 9.59 Å². The van der Waals surface area contributed by atoms with E-state index in [9.17, 15) is 14.7 Å². The number of pyridine rings is 1. The second-order valence-electron chi connectivity index (χ2n) is 10.4. The maximum atomic E-state index is 12.9. The zero-order valence-electron chi connectivity index (χ0n) is 24.2. The normalized spacial score (nSPS) is 16.7. The minimum Gasteiger partial charge on any atom is -0.481 e. The van der Waals surface area contributed by atoms with E-state index in [0.717, 1.165) is 50.2 Å². The largest absolute Gasteiger partial charge is 0.481 e. The fourth-order valence-electron chi connectivity index (χ4n) is 5.27. The van der Waals surface area contributed by atoms with E-state index in [2.05, 4.69) is 15.7 Å². The Bertz CT molecular complexity index is 1670. The number of ether oxygens (including phenoxy) is 2. The summed E-state index contributed by atoms with van der Waals surface area (Å²) in [5.41, 5.74) is 6.67. The van der Waals surface area contributed by atoms with Crippen LogP contribution in [0.25, 0.3) is 22.4 Å². The van der Waals surface area contributed by atoms with Crippen molar-refractivity contribution in [2.75, 3.05) is 25.6 Å². The predicted octanol–water partition coefficient (Wildman–Crippen LogP) is 3.63. The van der Waals surface area contributed by atoms with Crippen LogP contribution in [0, 0.1) is 13.8 Å². The van der Waals surface area contributed by atoms with Crippen LogP contribution in [0.1, 0.15) is 33.5 Å². The second-order valence-corrected chi connectivity index (χ2v) is 10.4. The van der Waals surface area contributed by atoms with Gasteiger partial charge in [0.2, 0.25) is 5.88 Å². The summed E-state index contributed by atoms with van der Waals surface area (Å²) in [4.78, 5) is 30.1. The molecule has 3 heterocycles. The van der Waals surface area contributed by atoms with Crippen molar-refractivity contribution in [1.29, 1.82) is 0 Å². The predicted molar refractivity (Wildman–Crippen MR) is 161 cm³/mol. The molecule has 2 atom stereocenters. The first-order valence-corrected chi connectivity index (χ1v) is 13.8. The van der Waals surface area contributed by atoms with Gasteiger partial charge in [0.15, 0.2) is 0 Å². The third-order valence-corrected chi connectivity index (χ3v) is 7.75. The number of aryl methyl sites for hydroxylation is 1. The first-order chi connectivity index (χ1) is 20.3. The van der Waals surface area contributed by atoms with Gasteiger partial charge in [-0.2, -0.15) is 5.10 Å². The quantitative estimate of drug-likeness (QED) is 0.294. The van der Waals surface area contributed by atoms with E-state index in [1.165, 1.54) is 19.3 Å². The number of amides is 1. The van der Waals surface area contributed by atoms with Gasteiger partial charge in [-0.15, -0.1) is 0 Å². The topological polar surface area (TPSA) is 128 Å². The molecule has 10 heteroatoms. The van der Waals surface area contributed by atoms with Crippen LogP contribution < -0.4 is 20.9 Å². The molecule has 1 saturated heterocycles. The van der Waals surface area contributed by atoms with Gasteiger partial charge >= 0.3 is 0 Å². The van der Waals surface area contributed by atoms with Gasteiger partial charge in [0.1, 0.15) is 5.56 Å². The maximum absolute atomic E-state index is 12.9. The second kappa shape index (κ2) is 12.6. The molecule has 1 amide bonds. The first-order valence-electron chi connectivity index (χ1n) is 13.8. The highest BCUT2D eigenvalue weighted by atomic mass is 16.5. The molecular weight excluding hydrogens is 534 g/mol. The van der Waals surface area contributed by atoms with E-state index in [-0.39, 0.29) is 11.6 Å². The molecule has 1 aliphatic rings. The fraction of sp³-hybridized carbons (Fsp3) is 0.312. The zero-order chi connectivity index (χ0) is 29.8. The smallest absolute Gasteiger partial charge is 0.279 e. The molecule has 4 aromatic rings. The molecule has 3 N–H and O–H groups in total. The Kier molecular flexibility index (Phi) is 8.77. The molecule has 218 valence electrons. The standard InChI is InChI=1S/C32H35N5O5/c1-19-22(23-8-6-10-26(20(23)2)35-30(39)25-13-15-34-37(3)32(25)40)7-5-9-24(19)27-12-11-21(31(36-27)41-4)17-33-28-14-16-42-18-29(28)38/h5-13,15,28-29,33,38H,14,16-18H2,1-4H3,(H,35,39)/t28-,29-/m1/s1. The number of hydrogen-bond acceptors (Lipinski definition) is 8. The van der Waals surface area contributed by atoms with Gasteiger partial charge in [-0.25, -0.2) is 9.67 Å². The minimum atomic E-state index is -0.541. The Hall–Kier alpha value is -4.38. The molecule has 2 aromatic heterocycles. The number of carbonyl (C=O) groups excluding carboxylic acids is 1. The van der Waals surface area contributed by atoms with E-state index in [0.29, 0.717) is 31.3 Å². The van der Waals surface area contributed by atoms with Gasteiger partial charge in [-0.05, 0) is 60.7 Å². The number of carbonyl (C=O) groups is 1. The summed E-state index contributed by atoms with van der Waals surface area (Å²) >= 11 is 0. The lowest BCUT2D eigenvalue weighted by atomic mass is 9.91. The fourth-order valence-corrected chi connectivity index (χ4v) is 5.27. The molecule has 2 aromatic carbocycles. The number of benzene rings is 2. The number of nitrogens with zero attached hydrogens (tertiary/aromatic N) is 3. The Morgan fingerprint density at radius 1 is 1.07 bits per heavy atom. The van der Waals surface area contributed by atoms with Crippen molar-refractivity contribution in [1.82, 2.24) is 20.1 Å². The molecule has 1 aliphatic heterocycles. The molecule has 0 unspecified atom stereocenters. The Morgan fingerprint density at radius 2 is 1.81 bits per heavy atom. The van der Waals surface area contributed by atoms with Gasteiger partial charge in [0.05, 0.1) is 25.5 Å². The van der Waals surface area contributed by atoms with Gasteiger partial charge in [0.25, 0.3) is 11.5 Å². The number of anilines is 1. The third kappa shape index (κ3) is 5.96. The monoisotopic (exact) mass is 569 g/mol. The average molecular weight is 570 g/mol. The van der Waals surface area contributed by atoms with Crippen LogP contribution in [0.3, 0.4) is 0 Å². The Morgan fingerprint density at radius 3 is 2.57 bits per heavy atom. The lowest BCUT2D eigenvalue weighted by Gasteiger charge is -2.28. The molecule has 0 bridgehead atoms. The van der Waals surface area contributed by atoms with Crippen molar-refractivity contribution < 1.29 is 19.4 Å². The molecule has 1 fully saturated rings. The van der Waals surface area contributed by atoms with E-state index >= 15 is 0 Å². The molecule has 0 spiro atoms. The van der Waals surface area contributed by atoms with Crippen molar-refractivity contribution in [2.45, 2.75) is 39.0 Å². The van der Waals surface area contributed by atoms with Crippen molar-refractivity contribution in [3.05, 3.63) is 93.4 Å². The van der Waals surface area contributed by atoms with Crippen LogP contribution in [0.4, 0.5) is 5.69 Å². The molecule has 0 saturated carbocycles. The Balaban J connectivity index is 1.41. The minimum absolute atomic E-state index is 0.0260. The number of nitrogens with one attached hydrogen (secondary N) is 2. The summed E-state index contributed by atoms with van der Waals surface area (Å²) in [7, 11) is 3.11. The van der Waals surface area contributed by atoms with Crippen LogP contribution in [0.2, 0.25) is 0 Å². The number of rotatable bonds is 8. The summed E-state index contributed by atoms with van der Waals surface area (Å²) in [5, 5.41) is 20.4. The summed E-state index contributed by atoms with van der Waals surface area (Å²) in [6.07, 6.45) is 1.63. The average Bonchev–Trinajstić information content (AvgIpc) is 2.99. The number of aromatic nitrogens is 3. The van der Waals surface area contributed by atoms with Crippen LogP contribution in [0.15, 0.2) is 65.6 Å². The lowest BCUT2D eigenvalue weighted by molar-refractivity contribution is -0.0281. The van der Waals surface area contributed by atoms with E-state index < -0.39 is 17.6 Å². The number of aliphatic hydroxyl groups is 1. The van der Waals surface area contributed by atoms with Crippen LogP contribution in [-0.4, -0.2) is 58.2 Å². The lowest BCUT2D eigenvalue weighted by Crippen LogP contribution is -2.46. The molecule has 5 rings (SSSR count). The summed E-state index contributed by atoms with van der Waals surface area (Å²) in [6.45, 7) is 5.46. The van der Waals surface area contributed by atoms with Gasteiger partial charge < -0.3 is 25.2 Å². The third-order valence-electron chi connectivity index (χ3n) is 7.75. The highest BCUT2D eigenvalue weighted by Crippen LogP contribution is 2.36. The van der Waals surface area contributed by atoms with Gasteiger partial charge in [-0.1, -0.05) is 36.4 Å². The van der Waals surface area contributed by atoms with Crippen LogP contribution >= 0.6 is 0 Å². The summed E-state index contributed by atoms with van der Waals surface area (Å²) < 4.78 is 12.1. The molecule has 0 aliphatic carbocycles. The van der Waals surface area contributed by atoms with Crippen molar-refractivity contribution in [3.8, 4) is 28.3 Å². The SMILES string of the molecule is COc1nc(-c2cccc(-c3cccc(NC(=O)c4ccnn(C)c4=O)c3C)c2C)ccc1CN[C@@H]1CCOC[C@H]1O. The van der Waals surface area contributed by atoms with Crippen LogP contribution in [-0.2, 0) is 18.3 Å². The molecular formula is C32H35N5O5. The number of methoxy groups -OCH3 is 1. The molecule has 42 heavy (non-hydrogen) atoms. The van der Waals surface area contributed by atoms with E-state index in [1.807, 2.05) is 62.4 Å². The maximum Gasteiger partial charge on any atom is 0.279 e. The van der Waals surface area contributed by atoms with Crippen molar-refractivity contribution >= 4 is 11.6 Å². The first kappa shape index (κ1) is 29.1. The molecule has 0 radical (unpaired) electrons. The zero-order valence-corrected chi connectivity index (χ0v) is 24.2. The van der Waals surface area contributed by atoms with E-state index in [1.54, 1.807) is 7.11 Å².